The number of hydrogen-bond donors (Lipinski definition) is 1. The Morgan fingerprint density at radius 2 is 2.18 bits per heavy atom. The number of unbranched alkanes of at least 4 members (excludes halogenated alkanes) is 2. The van der Waals surface area contributed by atoms with Gasteiger partial charge >= 0.3 is 0 Å². The maximum absolute atomic E-state index is 14.6. The molecule has 0 saturated heterocycles. The maximum Gasteiger partial charge on any atom is 0.251 e. The van der Waals surface area contributed by atoms with E-state index in [0.29, 0.717) is 17.7 Å². The molecule has 3 rings (SSSR count). The highest BCUT2D eigenvalue weighted by atomic mass is 32.1. The van der Waals surface area contributed by atoms with Gasteiger partial charge in [0, 0.05) is 24.1 Å². The number of halogens is 1. The van der Waals surface area contributed by atoms with Gasteiger partial charge in [-0.2, -0.15) is 0 Å². The van der Waals surface area contributed by atoms with E-state index in [4.69, 9.17) is 4.74 Å². The van der Waals surface area contributed by atoms with Crippen molar-refractivity contribution in [2.75, 3.05) is 6.61 Å². The molecule has 3 aromatic rings. The van der Waals surface area contributed by atoms with E-state index in [0.717, 1.165) is 29.5 Å². The SMILES string of the molecule is CC#CCCCCOc1cccc(CNC(=O)c2ccc3ncsc3c2)c1F. The number of ether oxygens (including phenoxy) is 1. The summed E-state index contributed by atoms with van der Waals surface area (Å²) in [5.74, 6) is 5.36. The van der Waals surface area contributed by atoms with Crippen molar-refractivity contribution in [2.24, 2.45) is 0 Å². The lowest BCUT2D eigenvalue weighted by atomic mass is 10.1. The third-order valence-corrected chi connectivity index (χ3v) is 5.00. The van der Waals surface area contributed by atoms with Crippen molar-refractivity contribution in [3.63, 3.8) is 0 Å². The summed E-state index contributed by atoms with van der Waals surface area (Å²) < 4.78 is 21.1. The van der Waals surface area contributed by atoms with Gasteiger partial charge in [-0.1, -0.05) is 12.1 Å². The fourth-order valence-corrected chi connectivity index (χ4v) is 3.42. The van der Waals surface area contributed by atoms with Crippen molar-refractivity contribution in [3.05, 3.63) is 58.9 Å². The number of hydrogen-bond acceptors (Lipinski definition) is 4. The van der Waals surface area contributed by atoms with Crippen molar-refractivity contribution in [1.29, 1.82) is 0 Å². The molecule has 0 aliphatic carbocycles. The zero-order valence-corrected chi connectivity index (χ0v) is 16.4. The molecule has 0 unspecified atom stereocenters. The second-order valence-electron chi connectivity index (χ2n) is 6.18. The zero-order chi connectivity index (χ0) is 19.8. The quantitative estimate of drug-likeness (QED) is 0.433. The summed E-state index contributed by atoms with van der Waals surface area (Å²) in [6.45, 7) is 2.34. The second-order valence-corrected chi connectivity index (χ2v) is 7.07. The van der Waals surface area contributed by atoms with Crippen LogP contribution in [0.5, 0.6) is 5.75 Å². The Bertz CT molecular complexity index is 1020. The average Bonchev–Trinajstić information content (AvgIpc) is 3.18. The standard InChI is InChI=1S/C22H21FN2O2S/c1-2-3-4-5-6-12-27-19-9-7-8-17(21(19)23)14-24-22(26)16-10-11-18-20(13-16)28-15-25-18/h7-11,13,15H,4-6,12,14H2,1H3,(H,24,26). The lowest BCUT2D eigenvalue weighted by Gasteiger charge is -2.11. The van der Waals surface area contributed by atoms with Crippen LogP contribution in [0.25, 0.3) is 10.2 Å². The van der Waals surface area contributed by atoms with E-state index in [1.165, 1.54) is 11.3 Å². The number of carbonyl (C=O) groups is 1. The molecule has 144 valence electrons. The number of amides is 1. The van der Waals surface area contributed by atoms with Gasteiger partial charge in [-0.15, -0.1) is 23.2 Å². The predicted octanol–water partition coefficient (Wildman–Crippen LogP) is 4.94. The highest BCUT2D eigenvalue weighted by Crippen LogP contribution is 2.22. The van der Waals surface area contributed by atoms with Gasteiger partial charge in [0.05, 0.1) is 22.3 Å². The van der Waals surface area contributed by atoms with E-state index >= 15 is 0 Å². The minimum Gasteiger partial charge on any atom is -0.491 e. The molecule has 28 heavy (non-hydrogen) atoms. The lowest BCUT2D eigenvalue weighted by molar-refractivity contribution is 0.0950. The first-order valence-corrected chi connectivity index (χ1v) is 9.98. The molecule has 0 fully saturated rings. The van der Waals surface area contributed by atoms with E-state index in [1.807, 2.05) is 13.0 Å². The van der Waals surface area contributed by atoms with E-state index in [9.17, 15) is 9.18 Å². The number of nitrogens with zero attached hydrogens (tertiary/aromatic N) is 1. The van der Waals surface area contributed by atoms with E-state index in [2.05, 4.69) is 22.1 Å². The van der Waals surface area contributed by atoms with Gasteiger partial charge in [-0.05, 0) is 44.0 Å². The van der Waals surface area contributed by atoms with Crippen molar-refractivity contribution in [3.8, 4) is 17.6 Å². The Balaban J connectivity index is 1.56. The smallest absolute Gasteiger partial charge is 0.251 e. The summed E-state index contributed by atoms with van der Waals surface area (Å²) in [4.78, 5) is 16.6. The summed E-state index contributed by atoms with van der Waals surface area (Å²) in [7, 11) is 0. The van der Waals surface area contributed by atoms with Crippen LogP contribution in [-0.4, -0.2) is 17.5 Å². The molecule has 0 spiro atoms. The summed E-state index contributed by atoms with van der Waals surface area (Å²) in [6.07, 6.45) is 2.55. The lowest BCUT2D eigenvalue weighted by Crippen LogP contribution is -2.23. The summed E-state index contributed by atoms with van der Waals surface area (Å²) in [5, 5.41) is 2.77. The number of thiazole rings is 1. The molecule has 0 aliphatic rings. The molecule has 1 heterocycles. The Kier molecular flexibility index (Phi) is 6.99. The van der Waals surface area contributed by atoms with Crippen LogP contribution in [-0.2, 0) is 6.54 Å². The molecule has 2 aromatic carbocycles. The summed E-state index contributed by atoms with van der Waals surface area (Å²) in [5.41, 5.74) is 3.52. The van der Waals surface area contributed by atoms with Crippen LogP contribution in [0, 0.1) is 17.7 Å². The molecule has 0 saturated carbocycles. The number of rotatable bonds is 8. The number of benzene rings is 2. The van der Waals surface area contributed by atoms with Crippen molar-refractivity contribution in [1.82, 2.24) is 10.3 Å². The number of aromatic nitrogens is 1. The van der Waals surface area contributed by atoms with Crippen LogP contribution in [0.3, 0.4) is 0 Å². The summed E-state index contributed by atoms with van der Waals surface area (Å²) >= 11 is 1.48. The molecular weight excluding hydrogens is 375 g/mol. The first kappa shape index (κ1) is 19.8. The maximum atomic E-state index is 14.6. The van der Waals surface area contributed by atoms with E-state index in [-0.39, 0.29) is 18.2 Å². The Morgan fingerprint density at radius 1 is 1.29 bits per heavy atom. The zero-order valence-electron chi connectivity index (χ0n) is 15.6. The van der Waals surface area contributed by atoms with Crippen molar-refractivity contribution in [2.45, 2.75) is 32.7 Å². The molecule has 4 nitrogen and oxygen atoms in total. The Labute approximate surface area is 167 Å². The monoisotopic (exact) mass is 396 g/mol. The molecule has 0 atom stereocenters. The van der Waals surface area contributed by atoms with Gasteiger partial charge < -0.3 is 10.1 Å². The van der Waals surface area contributed by atoms with Gasteiger partial charge in [-0.3, -0.25) is 4.79 Å². The number of fused-ring (bicyclic) bond motifs is 1. The first-order valence-electron chi connectivity index (χ1n) is 9.10. The molecule has 6 heteroatoms. The highest BCUT2D eigenvalue weighted by molar-refractivity contribution is 7.16. The number of nitrogens with one attached hydrogen (secondary N) is 1. The first-order chi connectivity index (χ1) is 13.7. The molecule has 1 N–H and O–H groups in total. The molecule has 0 bridgehead atoms. The Morgan fingerprint density at radius 3 is 3.04 bits per heavy atom. The average molecular weight is 396 g/mol. The molecule has 0 aliphatic heterocycles. The molecule has 0 radical (unpaired) electrons. The minimum atomic E-state index is -0.436. The van der Waals surface area contributed by atoms with Crippen LogP contribution in [0.15, 0.2) is 41.9 Å². The van der Waals surface area contributed by atoms with Crippen molar-refractivity contribution < 1.29 is 13.9 Å². The largest absolute Gasteiger partial charge is 0.491 e. The molecule has 1 aromatic heterocycles. The molecular formula is C22H21FN2O2S. The summed E-state index contributed by atoms with van der Waals surface area (Å²) in [6, 6.07) is 10.3. The van der Waals surface area contributed by atoms with E-state index in [1.54, 1.807) is 35.8 Å². The van der Waals surface area contributed by atoms with Crippen LogP contribution in [0.1, 0.15) is 42.1 Å². The van der Waals surface area contributed by atoms with Gasteiger partial charge in [-0.25, -0.2) is 9.37 Å². The normalized spacial score (nSPS) is 10.4. The fourth-order valence-electron chi connectivity index (χ4n) is 2.70. The van der Waals surface area contributed by atoms with E-state index < -0.39 is 5.82 Å². The minimum absolute atomic E-state index is 0.0919. The molecule has 1 amide bonds. The number of carbonyl (C=O) groups excluding carboxylic acids is 1. The third kappa shape index (κ3) is 5.08. The van der Waals surface area contributed by atoms with Gasteiger partial charge in [0.2, 0.25) is 0 Å². The second kappa shape index (κ2) is 9.86. The van der Waals surface area contributed by atoms with Crippen LogP contribution < -0.4 is 10.1 Å². The van der Waals surface area contributed by atoms with Crippen LogP contribution in [0.2, 0.25) is 0 Å². The highest BCUT2D eigenvalue weighted by Gasteiger charge is 2.12. The topological polar surface area (TPSA) is 51.2 Å². The van der Waals surface area contributed by atoms with Gasteiger partial charge in [0.25, 0.3) is 5.91 Å². The van der Waals surface area contributed by atoms with Gasteiger partial charge in [0.1, 0.15) is 0 Å². The predicted molar refractivity (Wildman–Crippen MR) is 110 cm³/mol. The van der Waals surface area contributed by atoms with Gasteiger partial charge in [0.15, 0.2) is 11.6 Å². The third-order valence-electron chi connectivity index (χ3n) is 4.21. The Hall–Kier alpha value is -2.91. The van der Waals surface area contributed by atoms with Crippen LogP contribution in [0.4, 0.5) is 4.39 Å². The van der Waals surface area contributed by atoms with Crippen LogP contribution >= 0.6 is 11.3 Å². The fraction of sp³-hybridized carbons (Fsp3) is 0.273. The van der Waals surface area contributed by atoms with Crippen molar-refractivity contribution >= 4 is 27.5 Å².